The van der Waals surface area contributed by atoms with Crippen LogP contribution in [0.5, 0.6) is 0 Å². The second-order valence-corrected chi connectivity index (χ2v) is 8.02. The number of rotatable bonds is 4. The largest absolute Gasteiger partial charge is 0.324 e. The van der Waals surface area contributed by atoms with E-state index in [2.05, 4.69) is 5.32 Å². The monoisotopic (exact) mass is 322 g/mol. The number of nitrogens with two attached hydrogens (primary N) is 1. The van der Waals surface area contributed by atoms with Crippen molar-refractivity contribution in [2.45, 2.75) is 30.2 Å². The molecule has 2 fully saturated rings. The van der Waals surface area contributed by atoms with E-state index in [0.717, 1.165) is 6.29 Å². The zero-order valence-corrected chi connectivity index (χ0v) is 12.9. The second kappa shape index (κ2) is 6.66. The van der Waals surface area contributed by atoms with Gasteiger partial charge in [0.25, 0.3) is 0 Å². The highest BCUT2D eigenvalue weighted by Crippen LogP contribution is 2.19. The van der Waals surface area contributed by atoms with Crippen molar-refractivity contribution in [1.82, 2.24) is 15.1 Å². The minimum absolute atomic E-state index is 0.133. The fourth-order valence-electron chi connectivity index (χ4n) is 2.95. The topological polar surface area (TPSA) is 95.7 Å². The van der Waals surface area contributed by atoms with Gasteiger partial charge in [0.2, 0.25) is 0 Å². The first-order valence-electron chi connectivity index (χ1n) is 7.06. The molecule has 0 aliphatic carbocycles. The molecule has 0 aromatic carbocycles. The lowest BCUT2D eigenvalue weighted by molar-refractivity contribution is -0.111. The number of nitrogens with zero attached hydrogens (tertiary/aromatic N) is 2. The third-order valence-corrected chi connectivity index (χ3v) is 5.55. The first-order chi connectivity index (χ1) is 9.82. The standard InChI is InChI=1S/C12H23FN4O3S/c1-21(19,20)11-8-17(4-5-18)12(6-15-11)16-3-2-9(13)10(14)7-16/h5,9-12,15H,2-4,6-8,14H2,1H3/t9-,10-,11?,12?/m1/s1. The average molecular weight is 322 g/mol. The molecule has 0 amide bonds. The summed E-state index contributed by atoms with van der Waals surface area (Å²) in [6.45, 7) is 1.78. The Kier molecular flexibility index (Phi) is 5.31. The van der Waals surface area contributed by atoms with Crippen LogP contribution < -0.4 is 11.1 Å². The Bertz CT molecular complexity index is 475. The lowest BCUT2D eigenvalue weighted by Crippen LogP contribution is -2.67. The maximum Gasteiger partial charge on any atom is 0.164 e. The summed E-state index contributed by atoms with van der Waals surface area (Å²) in [6, 6.07) is -0.538. The van der Waals surface area contributed by atoms with E-state index in [1.807, 2.05) is 9.80 Å². The SMILES string of the molecule is CS(=O)(=O)C1CN(CC=O)C(N2CC[C@@H](F)[C@H](N)C2)CN1. The Balaban J connectivity index is 2.07. The Morgan fingerprint density at radius 2 is 2.14 bits per heavy atom. The number of carbonyl (C=O) groups excluding carboxylic acids is 1. The predicted octanol–water partition coefficient (Wildman–Crippen LogP) is -1.84. The fraction of sp³-hybridized carbons (Fsp3) is 0.917. The van der Waals surface area contributed by atoms with Crippen molar-refractivity contribution < 1.29 is 17.6 Å². The molecule has 7 nitrogen and oxygen atoms in total. The number of hydrogen-bond donors (Lipinski definition) is 2. The maximum atomic E-state index is 13.5. The number of piperazine rings is 1. The first kappa shape index (κ1) is 16.8. The van der Waals surface area contributed by atoms with E-state index >= 15 is 0 Å². The molecule has 3 N–H and O–H groups in total. The summed E-state index contributed by atoms with van der Waals surface area (Å²) < 4.78 is 36.8. The summed E-state index contributed by atoms with van der Waals surface area (Å²) in [6.07, 6.45) is 1.17. The van der Waals surface area contributed by atoms with Crippen molar-refractivity contribution in [1.29, 1.82) is 0 Å². The molecule has 0 bridgehead atoms. The first-order valence-corrected chi connectivity index (χ1v) is 9.02. The molecule has 0 spiro atoms. The average Bonchev–Trinajstić information content (AvgIpc) is 2.41. The summed E-state index contributed by atoms with van der Waals surface area (Å²) in [5.41, 5.74) is 5.77. The highest BCUT2D eigenvalue weighted by atomic mass is 32.2. The van der Waals surface area contributed by atoms with Crippen LogP contribution >= 0.6 is 0 Å². The summed E-state index contributed by atoms with van der Waals surface area (Å²) in [7, 11) is -3.22. The van der Waals surface area contributed by atoms with E-state index in [1.165, 1.54) is 6.26 Å². The van der Waals surface area contributed by atoms with Crippen molar-refractivity contribution in [2.75, 3.05) is 39.0 Å². The Morgan fingerprint density at radius 3 is 2.71 bits per heavy atom. The van der Waals surface area contributed by atoms with Crippen LogP contribution in [0.15, 0.2) is 0 Å². The quantitative estimate of drug-likeness (QED) is 0.587. The molecule has 2 saturated heterocycles. The van der Waals surface area contributed by atoms with Crippen LogP contribution in [0.2, 0.25) is 0 Å². The Hall–Kier alpha value is -0.610. The van der Waals surface area contributed by atoms with Gasteiger partial charge in [0.1, 0.15) is 17.8 Å². The molecular weight excluding hydrogens is 299 g/mol. The van der Waals surface area contributed by atoms with Crippen LogP contribution in [0.25, 0.3) is 0 Å². The Labute approximate surface area is 124 Å². The van der Waals surface area contributed by atoms with Gasteiger partial charge in [-0.15, -0.1) is 0 Å². The summed E-state index contributed by atoms with van der Waals surface area (Å²) in [4.78, 5) is 14.7. The minimum Gasteiger partial charge on any atom is -0.324 e. The van der Waals surface area contributed by atoms with Crippen LogP contribution in [0.4, 0.5) is 4.39 Å². The summed E-state index contributed by atoms with van der Waals surface area (Å²) in [5.74, 6) is 0. The zero-order valence-electron chi connectivity index (χ0n) is 12.1. The normalized spacial score (nSPS) is 36.5. The highest BCUT2D eigenvalue weighted by Gasteiger charge is 2.38. The molecule has 122 valence electrons. The maximum absolute atomic E-state index is 13.5. The van der Waals surface area contributed by atoms with Crippen LogP contribution in [-0.2, 0) is 14.6 Å². The lowest BCUT2D eigenvalue weighted by atomic mass is 10.0. The van der Waals surface area contributed by atoms with Crippen molar-refractivity contribution in [3.05, 3.63) is 0 Å². The minimum atomic E-state index is -3.22. The van der Waals surface area contributed by atoms with E-state index in [0.29, 0.717) is 26.1 Å². The van der Waals surface area contributed by atoms with Gasteiger partial charge >= 0.3 is 0 Å². The van der Waals surface area contributed by atoms with Crippen molar-refractivity contribution in [2.24, 2.45) is 5.73 Å². The van der Waals surface area contributed by atoms with Gasteiger partial charge in [0.15, 0.2) is 9.84 Å². The number of piperidine rings is 1. The number of halogens is 1. The van der Waals surface area contributed by atoms with Gasteiger partial charge in [-0.3, -0.25) is 15.1 Å². The highest BCUT2D eigenvalue weighted by molar-refractivity contribution is 7.91. The zero-order chi connectivity index (χ0) is 15.6. The van der Waals surface area contributed by atoms with Crippen molar-refractivity contribution in [3.8, 4) is 0 Å². The van der Waals surface area contributed by atoms with Gasteiger partial charge in [-0.25, -0.2) is 12.8 Å². The third kappa shape index (κ3) is 3.98. The van der Waals surface area contributed by atoms with Gasteiger partial charge in [0.05, 0.1) is 12.7 Å². The molecule has 2 rings (SSSR count). The molecule has 9 heteroatoms. The molecular formula is C12H23FN4O3S. The molecule has 0 radical (unpaired) electrons. The second-order valence-electron chi connectivity index (χ2n) is 5.79. The van der Waals surface area contributed by atoms with E-state index in [1.54, 1.807) is 0 Å². The van der Waals surface area contributed by atoms with E-state index in [-0.39, 0.29) is 19.3 Å². The fourth-order valence-corrected chi connectivity index (χ4v) is 3.82. The smallest absolute Gasteiger partial charge is 0.164 e. The molecule has 2 unspecified atom stereocenters. The number of alkyl halides is 1. The number of hydrogen-bond acceptors (Lipinski definition) is 7. The Morgan fingerprint density at radius 1 is 1.43 bits per heavy atom. The number of aldehydes is 1. The summed E-state index contributed by atoms with van der Waals surface area (Å²) >= 11 is 0. The molecule has 2 heterocycles. The van der Waals surface area contributed by atoms with Gasteiger partial charge in [0, 0.05) is 38.5 Å². The van der Waals surface area contributed by atoms with Crippen LogP contribution in [0.3, 0.4) is 0 Å². The molecule has 4 atom stereocenters. The van der Waals surface area contributed by atoms with E-state index in [4.69, 9.17) is 5.73 Å². The van der Waals surface area contributed by atoms with Crippen molar-refractivity contribution >= 4 is 16.1 Å². The number of carbonyl (C=O) groups is 1. The number of nitrogens with one attached hydrogen (secondary N) is 1. The molecule has 21 heavy (non-hydrogen) atoms. The molecule has 2 aliphatic heterocycles. The number of likely N-dealkylation sites (tertiary alicyclic amines) is 1. The third-order valence-electron chi connectivity index (χ3n) is 4.20. The van der Waals surface area contributed by atoms with Gasteiger partial charge in [-0.05, 0) is 6.42 Å². The van der Waals surface area contributed by atoms with Crippen LogP contribution in [0.1, 0.15) is 6.42 Å². The van der Waals surface area contributed by atoms with Crippen LogP contribution in [0, 0.1) is 0 Å². The lowest BCUT2D eigenvalue weighted by Gasteiger charge is -2.47. The van der Waals surface area contributed by atoms with Gasteiger partial charge in [-0.2, -0.15) is 0 Å². The van der Waals surface area contributed by atoms with E-state index < -0.39 is 27.4 Å². The van der Waals surface area contributed by atoms with Crippen LogP contribution in [-0.4, -0.2) is 87.2 Å². The van der Waals surface area contributed by atoms with Crippen molar-refractivity contribution in [3.63, 3.8) is 0 Å². The van der Waals surface area contributed by atoms with Gasteiger partial charge < -0.3 is 10.5 Å². The molecule has 2 aliphatic rings. The molecule has 0 aromatic heterocycles. The molecule has 0 saturated carbocycles. The summed E-state index contributed by atoms with van der Waals surface area (Å²) in [5, 5.41) is 2.32. The number of sulfone groups is 1. The van der Waals surface area contributed by atoms with E-state index in [9.17, 15) is 17.6 Å². The molecule has 0 aromatic rings. The van der Waals surface area contributed by atoms with Gasteiger partial charge in [-0.1, -0.05) is 0 Å². The predicted molar refractivity (Wildman–Crippen MR) is 77.1 cm³/mol.